The van der Waals surface area contributed by atoms with Gasteiger partial charge in [0, 0.05) is 39.5 Å². The van der Waals surface area contributed by atoms with Crippen LogP contribution in [0.4, 0.5) is 5.82 Å². The van der Waals surface area contributed by atoms with Crippen molar-refractivity contribution in [2.45, 2.75) is 25.7 Å². The largest absolute Gasteiger partial charge is 0.394 e. The number of rotatable bonds is 7. The molecule has 2 unspecified atom stereocenters. The Kier molecular flexibility index (Phi) is 6.38. The van der Waals surface area contributed by atoms with E-state index in [1.54, 1.807) is 7.11 Å². The van der Waals surface area contributed by atoms with Crippen molar-refractivity contribution in [1.29, 1.82) is 0 Å². The van der Waals surface area contributed by atoms with E-state index in [4.69, 9.17) is 9.47 Å². The zero-order valence-corrected chi connectivity index (χ0v) is 12.8. The van der Waals surface area contributed by atoms with E-state index in [1.807, 2.05) is 19.2 Å². The van der Waals surface area contributed by atoms with Crippen LogP contribution in [-0.4, -0.2) is 62.3 Å². The van der Waals surface area contributed by atoms with Crippen LogP contribution in [0.5, 0.6) is 0 Å². The van der Waals surface area contributed by atoms with Crippen LogP contribution in [0, 0.1) is 0 Å². The van der Waals surface area contributed by atoms with Crippen LogP contribution in [0.1, 0.15) is 12.5 Å². The molecule has 21 heavy (non-hydrogen) atoms. The van der Waals surface area contributed by atoms with Gasteiger partial charge in [0.2, 0.25) is 0 Å². The number of morpholine rings is 1. The van der Waals surface area contributed by atoms with Crippen LogP contribution < -0.4 is 10.2 Å². The highest BCUT2D eigenvalue weighted by Crippen LogP contribution is 2.18. The molecule has 2 rings (SSSR count). The molecule has 2 atom stereocenters. The zero-order chi connectivity index (χ0) is 15.1. The van der Waals surface area contributed by atoms with Gasteiger partial charge in [-0.15, -0.1) is 0 Å². The van der Waals surface area contributed by atoms with Crippen molar-refractivity contribution in [3.8, 4) is 0 Å². The van der Waals surface area contributed by atoms with E-state index in [0.29, 0.717) is 13.2 Å². The summed E-state index contributed by atoms with van der Waals surface area (Å²) in [7, 11) is 1.70. The standard InChI is InChI=1S/C15H25N3O3/c1-12-9-18(10-14(11-19)21-12)15-4-3-13(8-17-15)7-16-5-6-20-2/h3-4,8,12,14,16,19H,5-7,9-11H2,1-2H3. The normalized spacial score (nSPS) is 22.5. The van der Waals surface area contributed by atoms with Gasteiger partial charge in [0.25, 0.3) is 0 Å². The molecule has 0 amide bonds. The highest BCUT2D eigenvalue weighted by atomic mass is 16.5. The third kappa shape index (κ3) is 4.93. The summed E-state index contributed by atoms with van der Waals surface area (Å²) in [5, 5.41) is 12.6. The summed E-state index contributed by atoms with van der Waals surface area (Å²) in [6.45, 7) is 5.87. The molecular weight excluding hydrogens is 270 g/mol. The summed E-state index contributed by atoms with van der Waals surface area (Å²) in [5.74, 6) is 0.934. The monoisotopic (exact) mass is 295 g/mol. The van der Waals surface area contributed by atoms with Crippen LogP contribution in [0.2, 0.25) is 0 Å². The van der Waals surface area contributed by atoms with E-state index < -0.39 is 0 Å². The lowest BCUT2D eigenvalue weighted by Crippen LogP contribution is -2.48. The van der Waals surface area contributed by atoms with E-state index in [0.717, 1.165) is 31.0 Å². The van der Waals surface area contributed by atoms with Crippen molar-refractivity contribution < 1.29 is 14.6 Å². The van der Waals surface area contributed by atoms with Crippen molar-refractivity contribution in [3.05, 3.63) is 23.9 Å². The number of nitrogens with zero attached hydrogens (tertiary/aromatic N) is 2. The lowest BCUT2D eigenvalue weighted by atomic mass is 10.2. The first-order chi connectivity index (χ1) is 10.2. The second-order valence-electron chi connectivity index (χ2n) is 5.35. The van der Waals surface area contributed by atoms with Crippen molar-refractivity contribution >= 4 is 5.82 Å². The predicted octanol–water partition coefficient (Wildman–Crippen LogP) is 0.404. The molecule has 1 aliphatic rings. The molecule has 1 aromatic heterocycles. The van der Waals surface area contributed by atoms with Gasteiger partial charge in [0.1, 0.15) is 5.82 Å². The van der Waals surface area contributed by atoms with Crippen LogP contribution >= 0.6 is 0 Å². The maximum atomic E-state index is 9.27. The van der Waals surface area contributed by atoms with Crippen LogP contribution in [0.3, 0.4) is 0 Å². The highest BCUT2D eigenvalue weighted by molar-refractivity contribution is 5.40. The fourth-order valence-corrected chi connectivity index (χ4v) is 2.45. The number of aliphatic hydroxyl groups is 1. The number of anilines is 1. The van der Waals surface area contributed by atoms with Gasteiger partial charge in [-0.3, -0.25) is 0 Å². The van der Waals surface area contributed by atoms with Gasteiger partial charge in [-0.25, -0.2) is 4.98 Å². The number of pyridine rings is 1. The highest BCUT2D eigenvalue weighted by Gasteiger charge is 2.25. The van der Waals surface area contributed by atoms with Crippen LogP contribution in [0.15, 0.2) is 18.3 Å². The predicted molar refractivity (Wildman–Crippen MR) is 81.5 cm³/mol. The Morgan fingerprint density at radius 2 is 2.33 bits per heavy atom. The van der Waals surface area contributed by atoms with Crippen molar-refractivity contribution in [3.63, 3.8) is 0 Å². The molecule has 1 fully saturated rings. The molecular formula is C15H25N3O3. The van der Waals surface area contributed by atoms with Gasteiger partial charge >= 0.3 is 0 Å². The van der Waals surface area contributed by atoms with E-state index in [2.05, 4.69) is 21.3 Å². The summed E-state index contributed by atoms with van der Waals surface area (Å²) in [6.07, 6.45) is 1.86. The molecule has 0 radical (unpaired) electrons. The SMILES string of the molecule is COCCNCc1ccc(N2CC(C)OC(CO)C2)nc1. The summed E-state index contributed by atoms with van der Waals surface area (Å²) in [5.41, 5.74) is 1.15. The number of methoxy groups -OCH3 is 1. The second kappa shape index (κ2) is 8.29. The quantitative estimate of drug-likeness (QED) is 0.710. The average molecular weight is 295 g/mol. The minimum absolute atomic E-state index is 0.0440. The molecule has 118 valence electrons. The Bertz CT molecular complexity index is 413. The number of hydrogen-bond acceptors (Lipinski definition) is 6. The van der Waals surface area contributed by atoms with E-state index >= 15 is 0 Å². The number of aliphatic hydroxyl groups excluding tert-OH is 1. The first kappa shape index (κ1) is 16.2. The summed E-state index contributed by atoms with van der Waals surface area (Å²) >= 11 is 0. The number of ether oxygens (including phenoxy) is 2. The van der Waals surface area contributed by atoms with Crippen molar-refractivity contribution in [2.24, 2.45) is 0 Å². The third-order valence-electron chi connectivity index (χ3n) is 3.48. The second-order valence-corrected chi connectivity index (χ2v) is 5.35. The maximum Gasteiger partial charge on any atom is 0.128 e. The number of hydrogen-bond donors (Lipinski definition) is 2. The van der Waals surface area contributed by atoms with Crippen molar-refractivity contribution in [1.82, 2.24) is 10.3 Å². The molecule has 0 saturated carbocycles. The first-order valence-corrected chi connectivity index (χ1v) is 7.38. The van der Waals surface area contributed by atoms with Gasteiger partial charge in [-0.1, -0.05) is 6.07 Å². The molecule has 2 N–H and O–H groups in total. The molecule has 0 bridgehead atoms. The Hall–Kier alpha value is -1.21. The van der Waals surface area contributed by atoms with Gasteiger partial charge < -0.3 is 24.8 Å². The molecule has 0 aromatic carbocycles. The minimum Gasteiger partial charge on any atom is -0.394 e. The first-order valence-electron chi connectivity index (χ1n) is 7.38. The molecule has 1 aliphatic heterocycles. The van der Waals surface area contributed by atoms with E-state index in [1.165, 1.54) is 0 Å². The van der Waals surface area contributed by atoms with Crippen molar-refractivity contribution in [2.75, 3.05) is 44.9 Å². The molecule has 1 saturated heterocycles. The molecule has 0 spiro atoms. The fraction of sp³-hybridized carbons (Fsp3) is 0.667. The Labute approximate surface area is 126 Å². The topological polar surface area (TPSA) is 66.9 Å². The van der Waals surface area contributed by atoms with Gasteiger partial charge in [0.15, 0.2) is 0 Å². The third-order valence-corrected chi connectivity index (χ3v) is 3.48. The number of aromatic nitrogens is 1. The smallest absolute Gasteiger partial charge is 0.128 e. The summed E-state index contributed by atoms with van der Waals surface area (Å²) < 4.78 is 10.6. The maximum absolute atomic E-state index is 9.27. The summed E-state index contributed by atoms with van der Waals surface area (Å²) in [6, 6.07) is 4.11. The lowest BCUT2D eigenvalue weighted by molar-refractivity contribution is -0.0423. The van der Waals surface area contributed by atoms with Gasteiger partial charge in [-0.05, 0) is 18.6 Å². The molecule has 6 nitrogen and oxygen atoms in total. The average Bonchev–Trinajstić information content (AvgIpc) is 2.51. The Morgan fingerprint density at radius 3 is 3.00 bits per heavy atom. The Balaban J connectivity index is 1.89. The minimum atomic E-state index is -0.133. The molecule has 1 aromatic rings. The van der Waals surface area contributed by atoms with Crippen LogP contribution in [0.25, 0.3) is 0 Å². The zero-order valence-electron chi connectivity index (χ0n) is 12.8. The van der Waals surface area contributed by atoms with E-state index in [9.17, 15) is 5.11 Å². The molecule has 0 aliphatic carbocycles. The molecule has 2 heterocycles. The number of nitrogens with one attached hydrogen (secondary N) is 1. The van der Waals surface area contributed by atoms with Gasteiger partial charge in [-0.2, -0.15) is 0 Å². The Morgan fingerprint density at radius 1 is 1.48 bits per heavy atom. The summed E-state index contributed by atoms with van der Waals surface area (Å²) in [4.78, 5) is 6.69. The lowest BCUT2D eigenvalue weighted by Gasteiger charge is -2.36. The fourth-order valence-electron chi connectivity index (χ4n) is 2.45. The van der Waals surface area contributed by atoms with Gasteiger partial charge in [0.05, 0.1) is 25.4 Å². The van der Waals surface area contributed by atoms with Crippen LogP contribution in [-0.2, 0) is 16.0 Å². The molecule has 6 heteroatoms. The van der Waals surface area contributed by atoms with E-state index in [-0.39, 0.29) is 18.8 Å².